The second-order valence-corrected chi connectivity index (χ2v) is 7.75. The molecule has 2 atom stereocenters. The molecule has 2 aliphatic heterocycles. The van der Waals surface area contributed by atoms with Crippen molar-refractivity contribution in [2.75, 3.05) is 26.8 Å². The normalized spacial score (nSPS) is 30.0. The smallest absolute Gasteiger partial charge is 0.243 e. The molecule has 0 aromatic heterocycles. The summed E-state index contributed by atoms with van der Waals surface area (Å²) < 4.78 is 51.1. The van der Waals surface area contributed by atoms with Crippen molar-refractivity contribution in [3.8, 4) is 0 Å². The lowest BCUT2D eigenvalue weighted by molar-refractivity contribution is -0.131. The molecule has 3 rings (SSSR count). The first kappa shape index (κ1) is 15.9. The van der Waals surface area contributed by atoms with Crippen LogP contribution in [0.2, 0.25) is 0 Å². The fraction of sp³-hybridized carbons (Fsp3) is 0.600. The number of ether oxygens (including phenoxy) is 2. The second kappa shape index (κ2) is 5.88. The van der Waals surface area contributed by atoms with Crippen LogP contribution in [0.25, 0.3) is 0 Å². The predicted octanol–water partition coefficient (Wildman–Crippen LogP) is 1.78. The number of halogens is 1. The van der Waals surface area contributed by atoms with Gasteiger partial charge >= 0.3 is 0 Å². The summed E-state index contributed by atoms with van der Waals surface area (Å²) in [5.74, 6) is -0.453. The Bertz CT molecular complexity index is 625. The topological polar surface area (TPSA) is 55.8 Å². The van der Waals surface area contributed by atoms with Crippen LogP contribution in [0, 0.1) is 5.82 Å². The van der Waals surface area contributed by atoms with Gasteiger partial charge in [-0.25, -0.2) is 12.8 Å². The van der Waals surface area contributed by atoms with E-state index < -0.39 is 15.8 Å². The van der Waals surface area contributed by atoms with Crippen LogP contribution in [0.4, 0.5) is 4.39 Å². The highest BCUT2D eigenvalue weighted by atomic mass is 32.2. The largest absolute Gasteiger partial charge is 0.377 e. The van der Waals surface area contributed by atoms with Crippen molar-refractivity contribution in [3.05, 3.63) is 30.1 Å². The molecule has 0 radical (unpaired) electrons. The summed E-state index contributed by atoms with van der Waals surface area (Å²) in [6, 6.07) is 4.91. The predicted molar refractivity (Wildman–Crippen MR) is 78.5 cm³/mol. The number of nitrogens with zero attached hydrogens (tertiary/aromatic N) is 1. The third-order valence-corrected chi connectivity index (χ3v) is 6.49. The van der Waals surface area contributed by atoms with E-state index in [-0.39, 0.29) is 23.1 Å². The van der Waals surface area contributed by atoms with Gasteiger partial charge in [-0.2, -0.15) is 4.31 Å². The quantitative estimate of drug-likeness (QED) is 0.848. The van der Waals surface area contributed by atoms with E-state index in [4.69, 9.17) is 9.47 Å². The molecular weight excluding hydrogens is 309 g/mol. The summed E-state index contributed by atoms with van der Waals surface area (Å²) in [6.07, 6.45) is 2.21. The van der Waals surface area contributed by atoms with Crippen molar-refractivity contribution in [3.63, 3.8) is 0 Å². The van der Waals surface area contributed by atoms with Gasteiger partial charge in [-0.15, -0.1) is 0 Å². The summed E-state index contributed by atoms with van der Waals surface area (Å²) in [5, 5.41) is 0. The van der Waals surface area contributed by atoms with Gasteiger partial charge in [0.15, 0.2) is 0 Å². The van der Waals surface area contributed by atoms with Crippen LogP contribution in [0.3, 0.4) is 0 Å². The van der Waals surface area contributed by atoms with Crippen LogP contribution in [0.1, 0.15) is 19.3 Å². The third kappa shape index (κ3) is 2.67. The lowest BCUT2D eigenvalue weighted by atomic mass is 9.87. The molecule has 0 saturated carbocycles. The Balaban J connectivity index is 1.82. The minimum atomic E-state index is -3.64. The number of piperidine rings is 1. The third-order valence-electron chi connectivity index (χ3n) is 4.61. The van der Waals surface area contributed by atoms with Crippen molar-refractivity contribution in [1.82, 2.24) is 4.31 Å². The molecule has 2 heterocycles. The van der Waals surface area contributed by atoms with E-state index >= 15 is 0 Å². The zero-order chi connectivity index (χ0) is 15.8. The average Bonchev–Trinajstić information content (AvgIpc) is 2.97. The fourth-order valence-corrected chi connectivity index (χ4v) is 4.79. The maximum absolute atomic E-state index is 13.0. The van der Waals surface area contributed by atoms with Crippen LogP contribution >= 0.6 is 0 Å². The maximum atomic E-state index is 13.0. The fourth-order valence-electron chi connectivity index (χ4n) is 3.35. The number of sulfonamides is 1. The van der Waals surface area contributed by atoms with Crippen LogP contribution in [-0.4, -0.2) is 51.2 Å². The van der Waals surface area contributed by atoms with Gasteiger partial charge in [0.2, 0.25) is 10.0 Å². The lowest BCUT2D eigenvalue weighted by Crippen LogP contribution is -2.57. The first-order chi connectivity index (χ1) is 10.5. The molecule has 22 heavy (non-hydrogen) atoms. The van der Waals surface area contributed by atoms with Crippen molar-refractivity contribution in [1.29, 1.82) is 0 Å². The Hall–Kier alpha value is -1.02. The van der Waals surface area contributed by atoms with E-state index in [9.17, 15) is 12.8 Å². The number of hydrogen-bond acceptors (Lipinski definition) is 4. The van der Waals surface area contributed by atoms with Crippen LogP contribution in [0.5, 0.6) is 0 Å². The SMILES string of the molecule is CO[C@H]1CN(S(=O)(=O)c2ccc(F)cc2)CC[C@@]12CCCO2. The Kier molecular flexibility index (Phi) is 4.24. The monoisotopic (exact) mass is 329 g/mol. The van der Waals surface area contributed by atoms with Crippen LogP contribution in [0.15, 0.2) is 29.2 Å². The van der Waals surface area contributed by atoms with Crippen molar-refractivity contribution in [2.24, 2.45) is 0 Å². The summed E-state index contributed by atoms with van der Waals surface area (Å²) in [6.45, 7) is 1.35. The highest BCUT2D eigenvalue weighted by Gasteiger charge is 2.48. The van der Waals surface area contributed by atoms with Gasteiger partial charge in [-0.05, 0) is 43.5 Å². The number of rotatable bonds is 3. The van der Waals surface area contributed by atoms with E-state index in [1.165, 1.54) is 16.4 Å². The Morgan fingerprint density at radius 1 is 1.32 bits per heavy atom. The highest BCUT2D eigenvalue weighted by molar-refractivity contribution is 7.89. The molecule has 1 aromatic carbocycles. The standard InChI is InChI=1S/C15H20FNO4S/c1-20-14-11-17(9-8-15(14)7-2-10-21-15)22(18,19)13-5-3-12(16)4-6-13/h3-6,14H,2,7-11H2,1H3/t14-,15-/m0/s1. The van der Waals surface area contributed by atoms with E-state index in [1.807, 2.05) is 0 Å². The molecule has 0 N–H and O–H groups in total. The van der Waals surface area contributed by atoms with Gasteiger partial charge in [0.05, 0.1) is 16.6 Å². The molecule has 5 nitrogen and oxygen atoms in total. The molecule has 0 aliphatic carbocycles. The van der Waals surface area contributed by atoms with Gasteiger partial charge in [-0.1, -0.05) is 0 Å². The Morgan fingerprint density at radius 3 is 2.64 bits per heavy atom. The number of benzene rings is 1. The summed E-state index contributed by atoms with van der Waals surface area (Å²) in [7, 11) is -2.05. The molecule has 0 bridgehead atoms. The van der Waals surface area contributed by atoms with Crippen molar-refractivity contribution < 1.29 is 22.3 Å². The summed E-state index contributed by atoms with van der Waals surface area (Å²) in [5.41, 5.74) is -0.358. The molecule has 0 amide bonds. The van der Waals surface area contributed by atoms with Crippen molar-refractivity contribution >= 4 is 10.0 Å². The zero-order valence-corrected chi connectivity index (χ0v) is 13.3. The molecule has 1 aromatic rings. The molecule has 2 aliphatic rings. The van der Waals surface area contributed by atoms with Crippen molar-refractivity contribution in [2.45, 2.75) is 35.9 Å². The first-order valence-corrected chi connectivity index (χ1v) is 8.84. The second-order valence-electron chi connectivity index (χ2n) is 5.81. The first-order valence-electron chi connectivity index (χ1n) is 7.40. The van der Waals surface area contributed by atoms with Gasteiger partial charge < -0.3 is 9.47 Å². The van der Waals surface area contributed by atoms with Gasteiger partial charge in [0.1, 0.15) is 5.82 Å². The van der Waals surface area contributed by atoms with Crippen LogP contribution < -0.4 is 0 Å². The maximum Gasteiger partial charge on any atom is 0.243 e. The average molecular weight is 329 g/mol. The summed E-state index contributed by atoms with van der Waals surface area (Å²) in [4.78, 5) is 0.104. The zero-order valence-electron chi connectivity index (χ0n) is 12.5. The minimum Gasteiger partial charge on any atom is -0.377 e. The molecule has 0 unspecified atom stereocenters. The Morgan fingerprint density at radius 2 is 2.05 bits per heavy atom. The lowest BCUT2D eigenvalue weighted by Gasteiger charge is -2.43. The Labute approximate surface area is 130 Å². The van der Waals surface area contributed by atoms with E-state index in [2.05, 4.69) is 0 Å². The molecule has 7 heteroatoms. The summed E-state index contributed by atoms with van der Waals surface area (Å²) >= 11 is 0. The minimum absolute atomic E-state index is 0.104. The van der Waals surface area contributed by atoms with Crippen LogP contribution in [-0.2, 0) is 19.5 Å². The van der Waals surface area contributed by atoms with E-state index in [0.717, 1.165) is 25.0 Å². The van der Waals surface area contributed by atoms with Gasteiger partial charge in [-0.3, -0.25) is 0 Å². The van der Waals surface area contributed by atoms with Gasteiger partial charge in [0, 0.05) is 26.8 Å². The van der Waals surface area contributed by atoms with Gasteiger partial charge in [0.25, 0.3) is 0 Å². The highest BCUT2D eigenvalue weighted by Crippen LogP contribution is 2.38. The molecule has 122 valence electrons. The number of hydrogen-bond donors (Lipinski definition) is 0. The number of methoxy groups -OCH3 is 1. The molecule has 2 fully saturated rings. The molecule has 1 spiro atoms. The molecular formula is C15H20FNO4S. The molecule has 2 saturated heterocycles. The van der Waals surface area contributed by atoms with E-state index in [0.29, 0.717) is 19.6 Å². The van der Waals surface area contributed by atoms with E-state index in [1.54, 1.807) is 7.11 Å².